The average Bonchev–Trinajstić information content (AvgIpc) is 2.93. The number of benzene rings is 1. The van der Waals surface area contributed by atoms with Crippen LogP contribution >= 0.6 is 7.82 Å². The Bertz CT molecular complexity index is 1140. The van der Waals surface area contributed by atoms with E-state index in [-0.39, 0.29) is 36.2 Å². The number of hydrogen-bond acceptors (Lipinski definition) is 17. The van der Waals surface area contributed by atoms with Crippen molar-refractivity contribution in [2.75, 3.05) is 13.2 Å². The number of rotatable bonds is 12. The van der Waals surface area contributed by atoms with Crippen molar-refractivity contribution in [3.05, 3.63) is 35.9 Å². The van der Waals surface area contributed by atoms with E-state index in [0.29, 0.717) is 5.56 Å². The summed E-state index contributed by atoms with van der Waals surface area (Å²) in [4.78, 5) is 48.6. The molecule has 242 valence electrons. The summed E-state index contributed by atoms with van der Waals surface area (Å²) in [7, 11) is -5.44. The fourth-order valence-corrected chi connectivity index (χ4v) is 5.17. The molecule has 2 unspecified atom stereocenters. The Morgan fingerprint density at radius 1 is 0.818 bits per heavy atom. The van der Waals surface area contributed by atoms with E-state index in [1.807, 2.05) is 0 Å². The summed E-state index contributed by atoms with van der Waals surface area (Å²) in [6, 6.07) is 8.68. The SMILES string of the molecule is CC(=O)O[C@H]1[C@H](OC(C)=O)[C@@H](OC(C)=O)C(OCc2ccccc2)O[C@@H]1COP(=O)([O-])O[C@H]1O[C@H](CO)[C@@H](O)[C@H](O)[C@@H]1O.[Na+]. The molecule has 4 N–H and O–H groups in total. The molecule has 1 aromatic carbocycles. The molecule has 0 saturated carbocycles. The van der Waals surface area contributed by atoms with Crippen molar-refractivity contribution >= 4 is 25.7 Å². The third-order valence-corrected chi connectivity index (χ3v) is 7.16. The second-order valence-electron chi connectivity index (χ2n) is 9.61. The largest absolute Gasteiger partial charge is 1.00 e. The van der Waals surface area contributed by atoms with Crippen LogP contribution in [0, 0.1) is 0 Å². The summed E-state index contributed by atoms with van der Waals surface area (Å²) >= 11 is 0. The molecular formula is C25H34NaO17P. The van der Waals surface area contributed by atoms with Crippen molar-refractivity contribution < 1.29 is 111 Å². The molecule has 2 saturated heterocycles. The minimum atomic E-state index is -5.44. The van der Waals surface area contributed by atoms with Crippen LogP contribution in [0.4, 0.5) is 0 Å². The first-order chi connectivity index (χ1) is 20.2. The number of hydrogen-bond donors (Lipinski definition) is 4. The number of carbonyl (C=O) groups is 3. The molecule has 0 radical (unpaired) electrons. The molecule has 0 bridgehead atoms. The Hall–Kier alpha value is -1.54. The topological polar surface area (TPSA) is 246 Å². The second kappa shape index (κ2) is 17.4. The van der Waals surface area contributed by atoms with Crippen molar-refractivity contribution in [1.29, 1.82) is 0 Å². The number of phosphoric acid groups is 1. The van der Waals surface area contributed by atoms with Crippen LogP contribution in [-0.4, -0.2) is 113 Å². The smallest absolute Gasteiger partial charge is 0.756 e. The molecule has 3 rings (SSSR count). The molecule has 19 heteroatoms. The molecule has 0 spiro atoms. The van der Waals surface area contributed by atoms with Crippen LogP contribution in [0.1, 0.15) is 26.3 Å². The van der Waals surface area contributed by atoms with Gasteiger partial charge in [0.25, 0.3) is 7.82 Å². The monoisotopic (exact) mass is 660 g/mol. The first-order valence-electron chi connectivity index (χ1n) is 13.0. The maximum atomic E-state index is 12.7. The van der Waals surface area contributed by atoms with Gasteiger partial charge in [-0.2, -0.15) is 0 Å². The summed E-state index contributed by atoms with van der Waals surface area (Å²) in [6.45, 7) is 1.23. The van der Waals surface area contributed by atoms with E-state index in [9.17, 15) is 44.3 Å². The predicted molar refractivity (Wildman–Crippen MR) is 135 cm³/mol. The number of esters is 3. The van der Waals surface area contributed by atoms with Gasteiger partial charge in [0.15, 0.2) is 30.9 Å². The number of ether oxygens (including phenoxy) is 6. The predicted octanol–water partition coefficient (Wildman–Crippen LogP) is -4.97. The molecule has 44 heavy (non-hydrogen) atoms. The molecular weight excluding hydrogens is 626 g/mol. The summed E-state index contributed by atoms with van der Waals surface area (Å²) in [5.41, 5.74) is 0.670. The summed E-state index contributed by atoms with van der Waals surface area (Å²) < 4.78 is 54.9. The Morgan fingerprint density at radius 2 is 1.36 bits per heavy atom. The minimum absolute atomic E-state index is 0. The van der Waals surface area contributed by atoms with Gasteiger partial charge in [-0.3, -0.25) is 23.5 Å². The molecule has 2 fully saturated rings. The average molecular weight is 660 g/mol. The fraction of sp³-hybridized carbons (Fsp3) is 0.640. The molecule has 2 aliphatic rings. The summed E-state index contributed by atoms with van der Waals surface area (Å²) in [5, 5.41) is 39.2. The Kier molecular flexibility index (Phi) is 15.3. The van der Waals surface area contributed by atoms with Gasteiger partial charge >= 0.3 is 47.5 Å². The first kappa shape index (κ1) is 38.6. The van der Waals surface area contributed by atoms with Crippen LogP contribution < -0.4 is 34.5 Å². The minimum Gasteiger partial charge on any atom is -0.756 e. The van der Waals surface area contributed by atoms with Crippen LogP contribution in [0.25, 0.3) is 0 Å². The van der Waals surface area contributed by atoms with Crippen LogP contribution in [-0.2, 0) is 63.0 Å². The standard InChI is InChI=1S/C25H35O17P.Na/c1-12(27)37-21-17(11-36-43(33,34)42-24-20(32)19(31)18(30)16(9-26)40-24)41-25(35-10-15-7-5-4-6-8-15)23(39-14(3)29)22(21)38-13(2)28;/h4-8,16-26,30-32H,9-11H2,1-3H3,(H,33,34);/q;+1/p-1/t16-,17-,18-,19+,20+,21-,22+,23-,24-,25?;/m1./s1. The van der Waals surface area contributed by atoms with Crippen molar-refractivity contribution in [3.8, 4) is 0 Å². The van der Waals surface area contributed by atoms with Gasteiger partial charge in [0.05, 0.1) is 19.8 Å². The van der Waals surface area contributed by atoms with Gasteiger partial charge in [0.2, 0.25) is 0 Å². The maximum Gasteiger partial charge on any atom is 1.00 e. The maximum absolute atomic E-state index is 12.7. The first-order valence-corrected chi connectivity index (χ1v) is 14.5. The third-order valence-electron chi connectivity index (χ3n) is 6.23. The van der Waals surface area contributed by atoms with E-state index < -0.39 is 100 Å². The molecule has 2 heterocycles. The van der Waals surface area contributed by atoms with Gasteiger partial charge < -0.3 is 58.3 Å². The van der Waals surface area contributed by atoms with Gasteiger partial charge in [0, 0.05) is 20.8 Å². The van der Waals surface area contributed by atoms with Gasteiger partial charge in [-0.1, -0.05) is 30.3 Å². The molecule has 11 atom stereocenters. The second-order valence-corrected chi connectivity index (χ2v) is 11.0. The molecule has 0 aromatic heterocycles. The zero-order valence-corrected chi connectivity index (χ0v) is 27.2. The Labute approximate surface area is 274 Å². The molecule has 0 aliphatic carbocycles. The van der Waals surface area contributed by atoms with E-state index in [2.05, 4.69) is 0 Å². The van der Waals surface area contributed by atoms with Crippen LogP contribution in [0.2, 0.25) is 0 Å². The molecule has 2 aliphatic heterocycles. The van der Waals surface area contributed by atoms with E-state index in [1.54, 1.807) is 30.3 Å². The Morgan fingerprint density at radius 3 is 1.93 bits per heavy atom. The van der Waals surface area contributed by atoms with Crippen LogP contribution in [0.5, 0.6) is 0 Å². The third kappa shape index (κ3) is 10.8. The quantitative estimate of drug-likeness (QED) is 0.0710. The van der Waals surface area contributed by atoms with Gasteiger partial charge in [0.1, 0.15) is 30.5 Å². The van der Waals surface area contributed by atoms with E-state index in [4.69, 9.17) is 37.5 Å². The van der Waals surface area contributed by atoms with Crippen LogP contribution in [0.3, 0.4) is 0 Å². The van der Waals surface area contributed by atoms with E-state index in [0.717, 1.165) is 20.8 Å². The number of aliphatic hydroxyl groups excluding tert-OH is 4. The zero-order valence-electron chi connectivity index (χ0n) is 24.3. The fourth-order valence-electron chi connectivity index (χ4n) is 4.35. The van der Waals surface area contributed by atoms with Crippen molar-refractivity contribution in [2.24, 2.45) is 0 Å². The van der Waals surface area contributed by atoms with Gasteiger partial charge in [-0.25, -0.2) is 0 Å². The Balaban J connectivity index is 0.00000675. The molecule has 17 nitrogen and oxygen atoms in total. The van der Waals surface area contributed by atoms with Gasteiger partial charge in [-0.05, 0) is 5.56 Å². The van der Waals surface area contributed by atoms with E-state index in [1.165, 1.54) is 0 Å². The normalized spacial score (nSPS) is 33.3. The molecule has 0 amide bonds. The van der Waals surface area contributed by atoms with Gasteiger partial charge in [-0.15, -0.1) is 0 Å². The van der Waals surface area contributed by atoms with E-state index >= 15 is 0 Å². The number of carbonyl (C=O) groups excluding carboxylic acids is 3. The van der Waals surface area contributed by atoms with Crippen molar-refractivity contribution in [1.82, 2.24) is 0 Å². The van der Waals surface area contributed by atoms with Crippen LogP contribution in [0.15, 0.2) is 30.3 Å². The number of phosphoric ester groups is 1. The number of aliphatic hydroxyl groups is 4. The molecule has 1 aromatic rings. The summed E-state index contributed by atoms with van der Waals surface area (Å²) in [6.07, 6.45) is -17.0. The zero-order chi connectivity index (χ0) is 31.9. The van der Waals surface area contributed by atoms with Crippen molar-refractivity contribution in [2.45, 2.75) is 88.8 Å². The van der Waals surface area contributed by atoms with Crippen molar-refractivity contribution in [3.63, 3.8) is 0 Å². The summed E-state index contributed by atoms with van der Waals surface area (Å²) in [5.74, 6) is -2.60.